The first-order valence-corrected chi connectivity index (χ1v) is 10.2. The molecular formula is C24H18ClFN2O2. The third-order valence-electron chi connectivity index (χ3n) is 5.57. The molecule has 1 unspecified atom stereocenters. The van der Waals surface area contributed by atoms with Crippen LogP contribution in [-0.4, -0.2) is 22.8 Å². The van der Waals surface area contributed by atoms with Gasteiger partial charge in [-0.1, -0.05) is 23.7 Å². The van der Waals surface area contributed by atoms with Crippen molar-refractivity contribution in [1.82, 2.24) is 4.98 Å². The van der Waals surface area contributed by atoms with Crippen molar-refractivity contribution in [3.05, 3.63) is 99.1 Å². The number of carbonyl (C=O) groups is 1. The molecule has 4 nitrogen and oxygen atoms in total. The molecule has 0 radical (unpaired) electrons. The van der Waals surface area contributed by atoms with Crippen LogP contribution in [0.25, 0.3) is 0 Å². The molecule has 0 amide bonds. The minimum absolute atomic E-state index is 0.0730. The molecule has 1 atom stereocenters. The van der Waals surface area contributed by atoms with Crippen LogP contribution in [0.3, 0.4) is 0 Å². The van der Waals surface area contributed by atoms with Gasteiger partial charge < -0.3 is 4.74 Å². The van der Waals surface area contributed by atoms with Crippen molar-refractivity contribution >= 4 is 23.3 Å². The SMILES string of the molecule is O=C1Cc2cc3c(cc2CC(Cc2ccc(F)c(Cl)c2)O1)C(c1ccncc1)=NC3. The van der Waals surface area contributed by atoms with Gasteiger partial charge in [0.15, 0.2) is 0 Å². The van der Waals surface area contributed by atoms with E-state index in [4.69, 9.17) is 21.3 Å². The second kappa shape index (κ2) is 7.65. The van der Waals surface area contributed by atoms with Gasteiger partial charge in [-0.05, 0) is 52.6 Å². The number of ether oxygens (including phenoxy) is 1. The Hall–Kier alpha value is -3.05. The predicted octanol–water partition coefficient (Wildman–Crippen LogP) is 4.48. The lowest BCUT2D eigenvalue weighted by atomic mass is 9.91. The zero-order chi connectivity index (χ0) is 20.7. The first-order valence-electron chi connectivity index (χ1n) is 9.80. The number of esters is 1. The molecule has 3 aromatic rings. The molecule has 3 heterocycles. The Bertz CT molecular complexity index is 1180. The number of nitrogens with zero attached hydrogens (tertiary/aromatic N) is 2. The van der Waals surface area contributed by atoms with Crippen molar-refractivity contribution in [1.29, 1.82) is 0 Å². The Morgan fingerprint density at radius 2 is 1.90 bits per heavy atom. The summed E-state index contributed by atoms with van der Waals surface area (Å²) in [4.78, 5) is 21.2. The van der Waals surface area contributed by atoms with Crippen molar-refractivity contribution in [3.8, 4) is 0 Å². The van der Waals surface area contributed by atoms with Crippen LogP contribution in [0.5, 0.6) is 0 Å². The van der Waals surface area contributed by atoms with E-state index < -0.39 is 5.82 Å². The van der Waals surface area contributed by atoms with E-state index in [0.29, 0.717) is 19.4 Å². The monoisotopic (exact) mass is 420 g/mol. The third kappa shape index (κ3) is 3.61. The average molecular weight is 421 g/mol. The maximum Gasteiger partial charge on any atom is 0.310 e. The van der Waals surface area contributed by atoms with Crippen molar-refractivity contribution < 1.29 is 13.9 Å². The second-order valence-electron chi connectivity index (χ2n) is 7.62. The van der Waals surface area contributed by atoms with E-state index in [1.54, 1.807) is 24.5 Å². The first-order chi connectivity index (χ1) is 14.6. The summed E-state index contributed by atoms with van der Waals surface area (Å²) in [5, 5.41) is 0.0730. The highest BCUT2D eigenvalue weighted by Gasteiger charge is 2.27. The van der Waals surface area contributed by atoms with Crippen molar-refractivity contribution in [2.45, 2.75) is 31.9 Å². The number of pyridine rings is 1. The summed E-state index contributed by atoms with van der Waals surface area (Å²) in [6.45, 7) is 0.604. The van der Waals surface area contributed by atoms with Gasteiger partial charge in [0.25, 0.3) is 0 Å². The maximum absolute atomic E-state index is 13.5. The lowest BCUT2D eigenvalue weighted by Crippen LogP contribution is -2.21. The number of carbonyl (C=O) groups excluding carboxylic acids is 1. The topological polar surface area (TPSA) is 51.5 Å². The number of aromatic nitrogens is 1. The molecule has 0 bridgehead atoms. The van der Waals surface area contributed by atoms with E-state index >= 15 is 0 Å². The number of hydrogen-bond donors (Lipinski definition) is 0. The van der Waals surface area contributed by atoms with Crippen LogP contribution < -0.4 is 0 Å². The highest BCUT2D eigenvalue weighted by atomic mass is 35.5. The Kier molecular flexibility index (Phi) is 4.83. The minimum atomic E-state index is -0.456. The number of halogens is 2. The molecule has 0 fully saturated rings. The van der Waals surface area contributed by atoms with E-state index in [1.165, 1.54) is 6.07 Å². The second-order valence-corrected chi connectivity index (χ2v) is 8.03. The molecule has 0 spiro atoms. The fourth-order valence-corrected chi connectivity index (χ4v) is 4.37. The smallest absolute Gasteiger partial charge is 0.310 e. The predicted molar refractivity (Wildman–Crippen MR) is 112 cm³/mol. The Morgan fingerprint density at radius 3 is 2.70 bits per heavy atom. The molecule has 6 heteroatoms. The van der Waals surface area contributed by atoms with Crippen LogP contribution >= 0.6 is 11.6 Å². The summed E-state index contributed by atoms with van der Waals surface area (Å²) in [5.74, 6) is -0.706. The van der Waals surface area contributed by atoms with Gasteiger partial charge >= 0.3 is 5.97 Å². The van der Waals surface area contributed by atoms with Gasteiger partial charge in [0, 0.05) is 36.4 Å². The third-order valence-corrected chi connectivity index (χ3v) is 5.86. The van der Waals surface area contributed by atoms with Crippen LogP contribution in [-0.2, 0) is 35.3 Å². The van der Waals surface area contributed by atoms with Crippen LogP contribution in [0.4, 0.5) is 4.39 Å². The molecule has 0 saturated heterocycles. The van der Waals surface area contributed by atoms with E-state index in [9.17, 15) is 9.18 Å². The first kappa shape index (κ1) is 18.9. The number of fused-ring (bicyclic) bond motifs is 2. The van der Waals surface area contributed by atoms with E-state index in [2.05, 4.69) is 17.1 Å². The van der Waals surface area contributed by atoms with Crippen molar-refractivity contribution in [2.75, 3.05) is 0 Å². The normalized spacial score (nSPS) is 17.6. The van der Waals surface area contributed by atoms with E-state index in [1.807, 2.05) is 12.1 Å². The highest BCUT2D eigenvalue weighted by Crippen LogP contribution is 2.30. The summed E-state index contributed by atoms with van der Waals surface area (Å²) in [7, 11) is 0. The summed E-state index contributed by atoms with van der Waals surface area (Å²) in [6.07, 6.45) is 4.50. The Balaban J connectivity index is 1.46. The fourth-order valence-electron chi connectivity index (χ4n) is 4.17. The van der Waals surface area contributed by atoms with Crippen molar-refractivity contribution in [2.24, 2.45) is 4.99 Å². The molecular weight excluding hydrogens is 403 g/mol. The zero-order valence-corrected chi connectivity index (χ0v) is 16.8. The fraction of sp³-hybridized carbons (Fsp3) is 0.208. The molecule has 5 rings (SSSR count). The number of rotatable bonds is 3. The van der Waals surface area contributed by atoms with Gasteiger partial charge in [-0.25, -0.2) is 4.39 Å². The van der Waals surface area contributed by atoms with E-state index in [-0.39, 0.29) is 23.5 Å². The molecule has 0 aliphatic carbocycles. The number of cyclic esters (lactones) is 1. The van der Waals surface area contributed by atoms with Crippen LogP contribution in [0.2, 0.25) is 5.02 Å². The summed E-state index contributed by atoms with van der Waals surface area (Å²) >= 11 is 5.91. The van der Waals surface area contributed by atoms with Gasteiger partial charge in [0.1, 0.15) is 11.9 Å². The van der Waals surface area contributed by atoms with Crippen LogP contribution in [0.15, 0.2) is 59.9 Å². The van der Waals surface area contributed by atoms with E-state index in [0.717, 1.165) is 39.1 Å². The number of benzene rings is 2. The zero-order valence-electron chi connectivity index (χ0n) is 16.1. The highest BCUT2D eigenvalue weighted by molar-refractivity contribution is 6.30. The Labute approximate surface area is 178 Å². The lowest BCUT2D eigenvalue weighted by Gasteiger charge is -2.16. The van der Waals surface area contributed by atoms with Crippen molar-refractivity contribution in [3.63, 3.8) is 0 Å². The maximum atomic E-state index is 13.5. The van der Waals surface area contributed by atoms with Gasteiger partial charge in [0.05, 0.1) is 23.7 Å². The summed E-state index contributed by atoms with van der Waals surface area (Å²) in [5.41, 5.74) is 7.11. The molecule has 150 valence electrons. The van der Waals surface area contributed by atoms with Gasteiger partial charge in [0.2, 0.25) is 0 Å². The Morgan fingerprint density at radius 1 is 1.07 bits per heavy atom. The number of hydrogen-bond acceptors (Lipinski definition) is 4. The van der Waals surface area contributed by atoms with Gasteiger partial charge in [-0.3, -0.25) is 14.8 Å². The summed E-state index contributed by atoms with van der Waals surface area (Å²) < 4.78 is 19.2. The minimum Gasteiger partial charge on any atom is -0.461 e. The van der Waals surface area contributed by atoms with Crippen LogP contribution in [0.1, 0.15) is 33.4 Å². The molecule has 0 saturated carbocycles. The average Bonchev–Trinajstić information content (AvgIpc) is 3.06. The van der Waals surface area contributed by atoms with Gasteiger partial charge in [-0.15, -0.1) is 0 Å². The number of aliphatic imine (C=N–C) groups is 1. The molecule has 0 N–H and O–H groups in total. The molecule has 2 aliphatic rings. The van der Waals surface area contributed by atoms with Crippen LogP contribution in [0, 0.1) is 5.82 Å². The molecule has 2 aliphatic heterocycles. The molecule has 2 aromatic carbocycles. The standard InChI is InChI=1S/C24H18ClFN2O2/c25-21-8-14(1-2-22(21)26)7-19-10-17-11-20-18(9-16(17)12-23(29)30-19)13-28-24(20)15-3-5-27-6-4-15/h1-6,8-9,11,19H,7,10,12-13H2. The summed E-state index contributed by atoms with van der Waals surface area (Å²) in [6, 6.07) is 12.7. The quantitative estimate of drug-likeness (QED) is 0.587. The molecule has 30 heavy (non-hydrogen) atoms. The largest absolute Gasteiger partial charge is 0.461 e. The molecule has 1 aromatic heterocycles. The lowest BCUT2D eigenvalue weighted by molar-refractivity contribution is -0.147. The van der Waals surface area contributed by atoms with Gasteiger partial charge in [-0.2, -0.15) is 0 Å².